The zero-order valence-corrected chi connectivity index (χ0v) is 13.4. The summed E-state index contributed by atoms with van der Waals surface area (Å²) in [4.78, 5) is 22.3. The molecule has 0 aliphatic heterocycles. The van der Waals surface area contributed by atoms with E-state index in [0.717, 1.165) is 12.8 Å². The largest absolute Gasteiger partial charge is 0.481 e. The summed E-state index contributed by atoms with van der Waals surface area (Å²) in [7, 11) is 0. The minimum absolute atomic E-state index is 0.0157. The predicted molar refractivity (Wildman–Crippen MR) is 82.2 cm³/mol. The molecule has 1 aromatic rings. The van der Waals surface area contributed by atoms with Crippen LogP contribution in [0, 0.1) is 21.4 Å². The van der Waals surface area contributed by atoms with Crippen molar-refractivity contribution in [3.05, 3.63) is 38.3 Å². The quantitative estimate of drug-likeness (QED) is 0.634. The molecule has 5 nitrogen and oxygen atoms in total. The maximum absolute atomic E-state index is 11.8. The minimum Gasteiger partial charge on any atom is -0.481 e. The number of halogens is 1. The molecule has 21 heavy (non-hydrogen) atoms. The van der Waals surface area contributed by atoms with Gasteiger partial charge in [0, 0.05) is 6.07 Å². The van der Waals surface area contributed by atoms with E-state index in [4.69, 9.17) is 0 Å². The summed E-state index contributed by atoms with van der Waals surface area (Å²) >= 11 is 3.26. The van der Waals surface area contributed by atoms with Gasteiger partial charge in [-0.2, -0.15) is 0 Å². The average Bonchev–Trinajstić information content (AvgIpc) is 2.85. The van der Waals surface area contributed by atoms with E-state index in [1.165, 1.54) is 6.07 Å². The van der Waals surface area contributed by atoms with Crippen molar-refractivity contribution in [3.63, 3.8) is 0 Å². The van der Waals surface area contributed by atoms with Gasteiger partial charge in [0.25, 0.3) is 5.69 Å². The molecule has 1 fully saturated rings. The van der Waals surface area contributed by atoms with E-state index >= 15 is 0 Å². The summed E-state index contributed by atoms with van der Waals surface area (Å²) in [6.45, 7) is 2.08. The van der Waals surface area contributed by atoms with Crippen molar-refractivity contribution in [2.45, 2.75) is 39.0 Å². The lowest BCUT2D eigenvalue weighted by Crippen LogP contribution is -2.31. The van der Waals surface area contributed by atoms with E-state index in [1.54, 1.807) is 12.1 Å². The van der Waals surface area contributed by atoms with Gasteiger partial charge in [0.2, 0.25) is 0 Å². The molecule has 1 aromatic carbocycles. The highest BCUT2D eigenvalue weighted by Crippen LogP contribution is 2.47. The van der Waals surface area contributed by atoms with E-state index in [-0.39, 0.29) is 5.69 Å². The lowest BCUT2D eigenvalue weighted by molar-refractivity contribution is -0.385. The van der Waals surface area contributed by atoms with Crippen molar-refractivity contribution in [1.82, 2.24) is 0 Å². The second-order valence-electron chi connectivity index (χ2n) is 5.79. The molecule has 0 saturated heterocycles. The summed E-state index contributed by atoms with van der Waals surface area (Å²) in [5, 5.41) is 20.6. The second kappa shape index (κ2) is 6.13. The molecule has 6 heteroatoms. The van der Waals surface area contributed by atoms with Gasteiger partial charge in [0.15, 0.2) is 0 Å². The highest BCUT2D eigenvalue weighted by Gasteiger charge is 2.45. The standard InChI is InChI=1S/C15H18BrNO4/c1-2-10-6-7-15(8-10,14(18)19)9-11-4-3-5-12(13(11)16)17(20)21/h3-5,10H,2,6-9H2,1H3,(H,18,19). The number of carboxylic acid groups (broad SMARTS) is 1. The number of carbonyl (C=O) groups is 1. The van der Waals surface area contributed by atoms with Gasteiger partial charge in [-0.05, 0) is 53.1 Å². The van der Waals surface area contributed by atoms with Gasteiger partial charge in [-0.3, -0.25) is 14.9 Å². The number of hydrogen-bond acceptors (Lipinski definition) is 3. The molecule has 0 bridgehead atoms. The van der Waals surface area contributed by atoms with Gasteiger partial charge in [-0.15, -0.1) is 0 Å². The van der Waals surface area contributed by atoms with Crippen LogP contribution in [0.4, 0.5) is 5.69 Å². The van der Waals surface area contributed by atoms with Crippen LogP contribution in [0.5, 0.6) is 0 Å². The zero-order valence-electron chi connectivity index (χ0n) is 11.8. The Kier molecular flexibility index (Phi) is 4.66. The fourth-order valence-corrected chi connectivity index (χ4v) is 3.77. The molecule has 1 aliphatic carbocycles. The molecule has 0 amide bonds. The van der Waals surface area contributed by atoms with Gasteiger partial charge >= 0.3 is 5.97 Å². The molecule has 0 radical (unpaired) electrons. The first-order valence-electron chi connectivity index (χ1n) is 7.05. The number of carboxylic acids is 1. The smallest absolute Gasteiger partial charge is 0.309 e. The summed E-state index contributed by atoms with van der Waals surface area (Å²) < 4.78 is 0.399. The number of rotatable bonds is 5. The van der Waals surface area contributed by atoms with Crippen molar-refractivity contribution in [3.8, 4) is 0 Å². The summed E-state index contributed by atoms with van der Waals surface area (Å²) in [6.07, 6.45) is 3.51. The van der Waals surface area contributed by atoms with Gasteiger partial charge < -0.3 is 5.11 Å². The molecule has 0 heterocycles. The Morgan fingerprint density at radius 3 is 2.81 bits per heavy atom. The van der Waals surface area contributed by atoms with Gasteiger partial charge in [0.05, 0.1) is 14.8 Å². The molecular formula is C15H18BrNO4. The number of hydrogen-bond donors (Lipinski definition) is 1. The van der Waals surface area contributed by atoms with Crippen LogP contribution < -0.4 is 0 Å². The molecule has 2 unspecified atom stereocenters. The van der Waals surface area contributed by atoms with Crippen molar-refractivity contribution >= 4 is 27.6 Å². The number of benzene rings is 1. The summed E-state index contributed by atoms with van der Waals surface area (Å²) in [6, 6.07) is 4.80. The van der Waals surface area contributed by atoms with Crippen LogP contribution in [0.25, 0.3) is 0 Å². The first kappa shape index (κ1) is 15.9. The first-order chi connectivity index (χ1) is 9.89. The summed E-state index contributed by atoms with van der Waals surface area (Å²) in [5.41, 5.74) is -0.111. The highest BCUT2D eigenvalue weighted by atomic mass is 79.9. The van der Waals surface area contributed by atoms with Crippen molar-refractivity contribution < 1.29 is 14.8 Å². The SMILES string of the molecule is CCC1CCC(Cc2cccc([N+](=O)[O-])c2Br)(C(=O)O)C1. The van der Waals surface area contributed by atoms with Crippen LogP contribution in [0.2, 0.25) is 0 Å². The monoisotopic (exact) mass is 355 g/mol. The molecule has 0 spiro atoms. The molecule has 1 N–H and O–H groups in total. The maximum Gasteiger partial charge on any atom is 0.309 e. The zero-order chi connectivity index (χ0) is 15.6. The fraction of sp³-hybridized carbons (Fsp3) is 0.533. The third kappa shape index (κ3) is 3.10. The van der Waals surface area contributed by atoms with Crippen LogP contribution in [0.1, 0.15) is 38.2 Å². The van der Waals surface area contributed by atoms with Crippen LogP contribution in [0.3, 0.4) is 0 Å². The minimum atomic E-state index is -0.795. The Morgan fingerprint density at radius 2 is 2.29 bits per heavy atom. The molecule has 114 valence electrons. The first-order valence-corrected chi connectivity index (χ1v) is 7.84. The third-order valence-electron chi connectivity index (χ3n) is 4.53. The van der Waals surface area contributed by atoms with Crippen LogP contribution in [0.15, 0.2) is 22.7 Å². The molecule has 2 atom stereocenters. The Bertz CT molecular complexity index is 575. The average molecular weight is 356 g/mol. The van der Waals surface area contributed by atoms with E-state index in [1.807, 2.05) is 0 Å². The van der Waals surface area contributed by atoms with Crippen LogP contribution >= 0.6 is 15.9 Å². The lowest BCUT2D eigenvalue weighted by Gasteiger charge is -2.25. The number of aliphatic carboxylic acids is 1. The van der Waals surface area contributed by atoms with E-state index in [9.17, 15) is 20.0 Å². The third-order valence-corrected chi connectivity index (χ3v) is 5.44. The van der Waals surface area contributed by atoms with Gasteiger partial charge in [-0.1, -0.05) is 25.5 Å². The predicted octanol–water partition coefficient (Wildman–Crippen LogP) is 4.18. The topological polar surface area (TPSA) is 80.4 Å². The van der Waals surface area contributed by atoms with Crippen molar-refractivity contribution in [1.29, 1.82) is 0 Å². The van der Waals surface area contributed by atoms with Gasteiger partial charge in [0.1, 0.15) is 0 Å². The number of nitro benzene ring substituents is 1. The Balaban J connectivity index is 2.33. The van der Waals surface area contributed by atoms with Crippen LogP contribution in [-0.4, -0.2) is 16.0 Å². The van der Waals surface area contributed by atoms with Crippen molar-refractivity contribution in [2.24, 2.45) is 11.3 Å². The highest BCUT2D eigenvalue weighted by molar-refractivity contribution is 9.10. The Hall–Kier alpha value is -1.43. The normalized spacial score (nSPS) is 25.0. The Labute approximate surface area is 131 Å². The number of nitro groups is 1. The molecular weight excluding hydrogens is 338 g/mol. The Morgan fingerprint density at radius 1 is 1.57 bits per heavy atom. The van der Waals surface area contributed by atoms with E-state index in [0.29, 0.717) is 35.2 Å². The van der Waals surface area contributed by atoms with Crippen LogP contribution in [-0.2, 0) is 11.2 Å². The molecule has 1 saturated carbocycles. The molecule has 1 aliphatic rings. The lowest BCUT2D eigenvalue weighted by atomic mass is 9.79. The second-order valence-corrected chi connectivity index (χ2v) is 6.58. The summed E-state index contributed by atoms with van der Waals surface area (Å²) in [5.74, 6) is -0.365. The maximum atomic E-state index is 11.8. The number of nitrogens with zero attached hydrogens (tertiary/aromatic N) is 1. The van der Waals surface area contributed by atoms with Gasteiger partial charge in [-0.25, -0.2) is 0 Å². The van der Waals surface area contributed by atoms with E-state index < -0.39 is 16.3 Å². The molecule has 2 rings (SSSR count). The van der Waals surface area contributed by atoms with Crippen molar-refractivity contribution in [2.75, 3.05) is 0 Å². The fourth-order valence-electron chi connectivity index (χ4n) is 3.22. The van der Waals surface area contributed by atoms with E-state index in [2.05, 4.69) is 22.9 Å². The molecule has 0 aromatic heterocycles.